The van der Waals surface area contributed by atoms with Gasteiger partial charge in [0.2, 0.25) is 0 Å². The van der Waals surface area contributed by atoms with Crippen molar-refractivity contribution in [3.8, 4) is 0 Å². The predicted octanol–water partition coefficient (Wildman–Crippen LogP) is 3.63. The topological polar surface area (TPSA) is 263 Å². The number of carbonyl (C=O) groups is 1. The van der Waals surface area contributed by atoms with Gasteiger partial charge in [-0.1, -0.05) is 42.0 Å². The zero-order chi connectivity index (χ0) is 42.3. The van der Waals surface area contributed by atoms with Gasteiger partial charge in [-0.3, -0.25) is 41.8 Å². The predicted molar refractivity (Wildman–Crippen MR) is 208 cm³/mol. The van der Waals surface area contributed by atoms with Crippen LogP contribution in [-0.2, 0) is 49.0 Å². The summed E-state index contributed by atoms with van der Waals surface area (Å²) in [5.41, 5.74) is 7.13. The number of nitrogens with two attached hydrogens (primary N) is 1. The number of hydrogen-bond acceptors (Lipinski definition) is 16. The summed E-state index contributed by atoms with van der Waals surface area (Å²) in [6.07, 6.45) is -11.7. The number of fused-ring (bicyclic) bond motifs is 4. The Morgan fingerprint density at radius 3 is 2.38 bits per heavy atom. The number of phosphoric ester groups is 1. The third-order valence-electron chi connectivity index (χ3n) is 9.80. The highest BCUT2D eigenvalue weighted by Gasteiger charge is 2.55. The van der Waals surface area contributed by atoms with E-state index in [1.807, 2.05) is 24.0 Å². The second-order valence-corrected chi connectivity index (χ2v) is 19.3. The molecule has 6 heterocycles. The van der Waals surface area contributed by atoms with Crippen molar-refractivity contribution in [1.82, 2.24) is 34.4 Å². The lowest BCUT2D eigenvalue weighted by Crippen LogP contribution is -2.36. The molecule has 0 radical (unpaired) electrons. The van der Waals surface area contributed by atoms with Crippen molar-refractivity contribution in [3.05, 3.63) is 117 Å². The molecule has 3 aromatic heterocycles. The Hall–Kier alpha value is -4.67. The first-order chi connectivity index (χ1) is 28.7. The number of aromatic nitrogens is 6. The number of nitrogens with zero attached hydrogens (tertiary/aromatic N) is 5. The van der Waals surface area contributed by atoms with Gasteiger partial charge in [0.15, 0.2) is 36.3 Å². The molecule has 3 fully saturated rings. The second kappa shape index (κ2) is 17.0. The first kappa shape index (κ1) is 42.0. The van der Waals surface area contributed by atoms with Gasteiger partial charge in [-0.05, 0) is 41.6 Å². The molecule has 5 N–H and O–H groups in total. The fourth-order valence-corrected chi connectivity index (χ4v) is 11.0. The Labute approximate surface area is 341 Å². The molecular formula is C35H36F2N8O12P2S. The molecule has 2 aromatic carbocycles. The smallest absolute Gasteiger partial charge is 0.382 e. The van der Waals surface area contributed by atoms with Crippen LogP contribution in [0, 0.1) is 6.92 Å². The lowest BCUT2D eigenvalue weighted by molar-refractivity contribution is -0.0640. The minimum atomic E-state index is -5.26. The Balaban J connectivity index is 1.06. The Morgan fingerprint density at radius 1 is 0.917 bits per heavy atom. The molecule has 3 saturated heterocycles. The van der Waals surface area contributed by atoms with E-state index >= 15 is 8.78 Å². The third kappa shape index (κ3) is 8.87. The van der Waals surface area contributed by atoms with Gasteiger partial charge in [0, 0.05) is 30.1 Å². The van der Waals surface area contributed by atoms with Gasteiger partial charge in [-0.15, -0.1) is 0 Å². The van der Waals surface area contributed by atoms with Gasteiger partial charge in [0.05, 0.1) is 19.5 Å². The van der Waals surface area contributed by atoms with Crippen molar-refractivity contribution in [2.75, 3.05) is 18.9 Å². The van der Waals surface area contributed by atoms with E-state index in [0.29, 0.717) is 27.1 Å². The number of nitrogen functional groups attached to an aromatic ring is 1. The molecule has 1 amide bonds. The number of aromatic amines is 1. The van der Waals surface area contributed by atoms with Gasteiger partial charge < -0.3 is 25.4 Å². The molecule has 10 atom stereocenters. The van der Waals surface area contributed by atoms with Crippen molar-refractivity contribution >= 4 is 48.9 Å². The summed E-state index contributed by atoms with van der Waals surface area (Å²) in [6.45, 7) is -4.26. The molecule has 3 aliphatic rings. The summed E-state index contributed by atoms with van der Waals surface area (Å²) >= 11 is 0.616. The normalized spacial score (nSPS) is 30.9. The summed E-state index contributed by atoms with van der Waals surface area (Å²) in [7, 11) is -5.26. The summed E-state index contributed by atoms with van der Waals surface area (Å²) < 4.78 is 96.8. The van der Waals surface area contributed by atoms with Gasteiger partial charge in [-0.2, -0.15) is 0 Å². The van der Waals surface area contributed by atoms with Crippen LogP contribution in [0.25, 0.3) is 11.2 Å². The van der Waals surface area contributed by atoms with Crippen molar-refractivity contribution in [3.63, 3.8) is 0 Å². The van der Waals surface area contributed by atoms with E-state index in [4.69, 9.17) is 33.3 Å². The average molecular weight is 893 g/mol. The molecule has 318 valence electrons. The maximum Gasteiger partial charge on any atom is 0.472 e. The number of rotatable bonds is 8. The zero-order valence-corrected chi connectivity index (χ0v) is 33.8. The van der Waals surface area contributed by atoms with Crippen molar-refractivity contribution < 1.29 is 55.2 Å². The molecule has 2 bridgehead atoms. The highest BCUT2D eigenvalue weighted by atomic mass is 32.7. The summed E-state index contributed by atoms with van der Waals surface area (Å²) in [4.78, 5) is 62.0. The maximum atomic E-state index is 16.4. The van der Waals surface area contributed by atoms with Crippen molar-refractivity contribution in [2.45, 2.75) is 68.4 Å². The lowest BCUT2D eigenvalue weighted by Gasteiger charge is -2.27. The van der Waals surface area contributed by atoms with E-state index in [-0.39, 0.29) is 35.2 Å². The van der Waals surface area contributed by atoms with Crippen LogP contribution in [0.5, 0.6) is 0 Å². The molecule has 0 spiro atoms. The van der Waals surface area contributed by atoms with Crippen LogP contribution in [0.15, 0.2) is 83.0 Å². The standard InChI is InChI=1S/C35H36F2N8O12P2S/c1-18-2-8-21(9-3-18)32(47)39-12-19-4-6-20(7-5-19)15-60-59(51)53-13-22-25(36)29(34(54-22)45-17-42-27-30(38)40-16-41-31(27)45)56-58(49,50)52-14-23-28(57-59)26(37)33(55-23)44-11-10-24(46)43-35(44)48/h2-11,16-17,22-23,25-26,28-29,33-34H,12-15H2,1H3,(H,39,47)(H,49,50)(H2,38,40,41)(H,43,46,48)/t22-,23-,25-,26-,28-,29-,33-,34-,59?/m1/s1. The van der Waals surface area contributed by atoms with E-state index < -0.39 is 88.3 Å². The van der Waals surface area contributed by atoms with Gasteiger partial charge >= 0.3 is 20.3 Å². The van der Waals surface area contributed by atoms with E-state index in [1.165, 1.54) is 10.9 Å². The molecule has 20 nitrogen and oxygen atoms in total. The van der Waals surface area contributed by atoms with Crippen LogP contribution in [-0.4, -0.2) is 89.8 Å². The number of nitrogens with one attached hydrogen (secondary N) is 2. The number of phosphoric acid groups is 1. The van der Waals surface area contributed by atoms with Gasteiger partial charge in [-0.25, -0.2) is 37.7 Å². The lowest BCUT2D eigenvalue weighted by atomic mass is 10.1. The van der Waals surface area contributed by atoms with Crippen LogP contribution in [0.2, 0.25) is 0 Å². The Kier molecular flexibility index (Phi) is 11.9. The minimum absolute atomic E-state index is 0.0152. The molecule has 60 heavy (non-hydrogen) atoms. The first-order valence-corrected chi connectivity index (χ1v) is 22.8. The number of anilines is 1. The van der Waals surface area contributed by atoms with E-state index in [9.17, 15) is 28.4 Å². The second-order valence-electron chi connectivity index (χ2n) is 13.9. The van der Waals surface area contributed by atoms with Crippen LogP contribution in [0.3, 0.4) is 0 Å². The minimum Gasteiger partial charge on any atom is -0.382 e. The number of carbonyl (C=O) groups excluding carboxylic acids is 1. The Bertz CT molecular complexity index is 2600. The molecule has 0 saturated carbocycles. The highest BCUT2D eigenvalue weighted by molar-refractivity contribution is 8.54. The van der Waals surface area contributed by atoms with E-state index in [2.05, 4.69) is 20.3 Å². The van der Waals surface area contributed by atoms with Crippen LogP contribution < -0.4 is 22.3 Å². The number of aryl methyl sites for hydroxylation is 1. The quantitative estimate of drug-likeness (QED) is 0.162. The fourth-order valence-electron chi connectivity index (χ4n) is 6.69. The van der Waals surface area contributed by atoms with Crippen molar-refractivity contribution in [1.29, 1.82) is 0 Å². The number of benzene rings is 2. The van der Waals surface area contributed by atoms with Gasteiger partial charge in [0.25, 0.3) is 11.5 Å². The van der Waals surface area contributed by atoms with Crippen LogP contribution in [0.1, 0.15) is 39.5 Å². The van der Waals surface area contributed by atoms with Crippen molar-refractivity contribution in [2.24, 2.45) is 0 Å². The molecule has 25 heteroatoms. The number of ether oxygens (including phenoxy) is 2. The number of alkyl halides is 2. The fraction of sp³-hybridized carbons (Fsp3) is 0.371. The number of amides is 1. The maximum absolute atomic E-state index is 16.4. The monoisotopic (exact) mass is 892 g/mol. The van der Waals surface area contributed by atoms with Gasteiger partial charge in [0.1, 0.15) is 36.3 Å². The summed E-state index contributed by atoms with van der Waals surface area (Å²) in [5, 5.41) is 2.85. The van der Waals surface area contributed by atoms with E-state index in [1.54, 1.807) is 36.4 Å². The van der Waals surface area contributed by atoms with Crippen LogP contribution in [0.4, 0.5) is 14.6 Å². The number of hydrogen-bond donors (Lipinski definition) is 4. The Morgan fingerprint density at radius 2 is 1.63 bits per heavy atom. The number of H-pyrrole nitrogens is 1. The molecular weight excluding hydrogens is 856 g/mol. The SMILES string of the molecule is Cc1ccc(C(=O)NCc2ccc(CSP3(=O)OC[C@H]4O[C@@H](n5cnc6c(N)ncnc65)[C@H](OP(=O)(O)OC[C@H]5O[C@@H](n6ccc(=O)[nH]c6=O)[C@H](F)[C@@H]5O3)[C@@H]4F)cc2)cc1. The highest BCUT2D eigenvalue weighted by Crippen LogP contribution is 2.64. The summed E-state index contributed by atoms with van der Waals surface area (Å²) in [6, 6.07) is 14.9. The number of halogens is 2. The largest absolute Gasteiger partial charge is 0.472 e. The number of imidazole rings is 1. The first-order valence-electron chi connectivity index (χ1n) is 18.2. The summed E-state index contributed by atoms with van der Waals surface area (Å²) in [5.74, 6) is -0.337. The van der Waals surface area contributed by atoms with E-state index in [0.717, 1.165) is 29.7 Å². The molecule has 8 rings (SSSR count). The zero-order valence-electron chi connectivity index (χ0n) is 31.2. The average Bonchev–Trinajstić information content (AvgIpc) is 3.88. The molecule has 5 aromatic rings. The van der Waals surface area contributed by atoms with Crippen LogP contribution >= 0.6 is 26.0 Å². The molecule has 0 aliphatic carbocycles. The third-order valence-corrected chi connectivity index (χ3v) is 14.4. The molecule has 2 unspecified atom stereocenters. The molecule has 3 aliphatic heterocycles.